The highest BCUT2D eigenvalue weighted by Crippen LogP contribution is 2.11. The SMILES string of the molecule is O=C(CCCn1cc(COc2ccccc2)nn1)NCCc1ccc(Cl)cc1. The molecule has 0 fully saturated rings. The maximum atomic E-state index is 11.9. The highest BCUT2D eigenvalue weighted by atomic mass is 35.5. The summed E-state index contributed by atoms with van der Waals surface area (Å²) < 4.78 is 7.39. The fourth-order valence-corrected chi connectivity index (χ4v) is 2.80. The molecule has 1 aromatic heterocycles. The highest BCUT2D eigenvalue weighted by molar-refractivity contribution is 6.30. The first-order valence-electron chi connectivity index (χ1n) is 9.27. The molecule has 146 valence electrons. The van der Waals surface area contributed by atoms with E-state index < -0.39 is 0 Å². The van der Waals surface area contributed by atoms with Gasteiger partial charge in [-0.2, -0.15) is 0 Å². The number of hydrogen-bond acceptors (Lipinski definition) is 4. The molecule has 1 amide bonds. The van der Waals surface area contributed by atoms with Crippen LogP contribution in [0.3, 0.4) is 0 Å². The number of ether oxygens (including phenoxy) is 1. The molecule has 7 heteroatoms. The maximum absolute atomic E-state index is 11.9. The van der Waals surface area contributed by atoms with Crippen molar-refractivity contribution in [2.45, 2.75) is 32.4 Å². The van der Waals surface area contributed by atoms with Gasteiger partial charge in [-0.15, -0.1) is 5.10 Å². The van der Waals surface area contributed by atoms with E-state index in [1.165, 1.54) is 0 Å². The molecule has 1 heterocycles. The van der Waals surface area contributed by atoms with Crippen molar-refractivity contribution in [3.8, 4) is 5.75 Å². The van der Waals surface area contributed by atoms with E-state index in [0.717, 1.165) is 28.5 Å². The first-order chi connectivity index (χ1) is 13.7. The number of carbonyl (C=O) groups excluding carboxylic acids is 1. The fraction of sp³-hybridized carbons (Fsp3) is 0.286. The van der Waals surface area contributed by atoms with E-state index >= 15 is 0 Å². The van der Waals surface area contributed by atoms with Crippen molar-refractivity contribution in [2.75, 3.05) is 6.54 Å². The summed E-state index contributed by atoms with van der Waals surface area (Å²) in [5.41, 5.74) is 1.91. The number of amides is 1. The van der Waals surface area contributed by atoms with Crippen molar-refractivity contribution in [3.05, 3.63) is 77.1 Å². The average molecular weight is 399 g/mol. The Hall–Kier alpha value is -2.86. The molecule has 0 unspecified atom stereocenters. The van der Waals surface area contributed by atoms with Gasteiger partial charge in [0.05, 0.1) is 6.20 Å². The van der Waals surface area contributed by atoms with E-state index in [0.29, 0.717) is 32.5 Å². The Kier molecular flexibility index (Phi) is 7.44. The molecule has 28 heavy (non-hydrogen) atoms. The van der Waals surface area contributed by atoms with Crippen LogP contribution in [0, 0.1) is 0 Å². The van der Waals surface area contributed by atoms with Gasteiger partial charge in [-0.1, -0.05) is 47.1 Å². The summed E-state index contributed by atoms with van der Waals surface area (Å²) in [6.45, 7) is 1.63. The van der Waals surface area contributed by atoms with Crippen molar-refractivity contribution in [3.63, 3.8) is 0 Å². The molecular formula is C21H23ClN4O2. The number of halogens is 1. The average Bonchev–Trinajstić information content (AvgIpc) is 3.16. The molecule has 0 bridgehead atoms. The van der Waals surface area contributed by atoms with E-state index in [1.54, 1.807) is 4.68 Å². The monoisotopic (exact) mass is 398 g/mol. The van der Waals surface area contributed by atoms with Crippen LogP contribution in [0.2, 0.25) is 5.02 Å². The predicted molar refractivity (Wildman–Crippen MR) is 108 cm³/mol. The molecule has 1 N–H and O–H groups in total. The lowest BCUT2D eigenvalue weighted by molar-refractivity contribution is -0.121. The molecule has 0 aliphatic carbocycles. The maximum Gasteiger partial charge on any atom is 0.220 e. The van der Waals surface area contributed by atoms with Crippen LogP contribution in [0.4, 0.5) is 0 Å². The van der Waals surface area contributed by atoms with Gasteiger partial charge in [0.25, 0.3) is 0 Å². The van der Waals surface area contributed by atoms with Gasteiger partial charge in [-0.3, -0.25) is 9.48 Å². The minimum Gasteiger partial charge on any atom is -0.487 e. The summed E-state index contributed by atoms with van der Waals surface area (Å²) in [6.07, 6.45) is 3.80. The largest absolute Gasteiger partial charge is 0.487 e. The number of benzene rings is 2. The van der Waals surface area contributed by atoms with Crippen molar-refractivity contribution >= 4 is 17.5 Å². The topological polar surface area (TPSA) is 69.0 Å². The zero-order valence-corrected chi connectivity index (χ0v) is 16.3. The second kappa shape index (κ2) is 10.5. The van der Waals surface area contributed by atoms with E-state index in [1.807, 2.05) is 60.8 Å². The van der Waals surface area contributed by atoms with Gasteiger partial charge in [0.1, 0.15) is 18.1 Å². The van der Waals surface area contributed by atoms with Gasteiger partial charge < -0.3 is 10.1 Å². The van der Waals surface area contributed by atoms with Gasteiger partial charge in [0, 0.05) is 24.5 Å². The standard InChI is InChI=1S/C21H23ClN4O2/c22-18-10-8-17(9-11-18)12-13-23-21(27)7-4-14-26-15-19(24-25-26)16-28-20-5-2-1-3-6-20/h1-3,5-6,8-11,15H,4,7,12-14,16H2,(H,23,27). The number of aryl methyl sites for hydroxylation is 1. The van der Waals surface area contributed by atoms with Gasteiger partial charge in [0.15, 0.2) is 0 Å². The predicted octanol–water partition coefficient (Wildman–Crippen LogP) is 3.65. The number of rotatable bonds is 10. The Balaban J connectivity index is 1.30. The number of nitrogens with one attached hydrogen (secondary N) is 1. The zero-order valence-electron chi connectivity index (χ0n) is 15.6. The van der Waals surface area contributed by atoms with Crippen LogP contribution in [-0.2, 0) is 24.4 Å². The quantitative estimate of drug-likeness (QED) is 0.566. The fourth-order valence-electron chi connectivity index (χ4n) is 2.68. The summed E-state index contributed by atoms with van der Waals surface area (Å²) in [7, 11) is 0. The van der Waals surface area contributed by atoms with Crippen molar-refractivity contribution in [2.24, 2.45) is 0 Å². The second-order valence-electron chi connectivity index (χ2n) is 6.40. The molecule has 6 nitrogen and oxygen atoms in total. The van der Waals surface area contributed by atoms with Crippen LogP contribution in [0.5, 0.6) is 5.75 Å². The molecule has 3 rings (SSSR count). The van der Waals surface area contributed by atoms with Gasteiger partial charge >= 0.3 is 0 Å². The molecule has 3 aromatic rings. The molecule has 0 saturated heterocycles. The van der Waals surface area contributed by atoms with Crippen LogP contribution in [0.1, 0.15) is 24.1 Å². The Morgan fingerprint density at radius 3 is 2.68 bits per heavy atom. The lowest BCUT2D eigenvalue weighted by atomic mass is 10.1. The van der Waals surface area contributed by atoms with Crippen LogP contribution in [-0.4, -0.2) is 27.4 Å². The van der Waals surface area contributed by atoms with Crippen LogP contribution in [0.25, 0.3) is 0 Å². The third-order valence-electron chi connectivity index (χ3n) is 4.16. The molecule has 2 aromatic carbocycles. The first-order valence-corrected chi connectivity index (χ1v) is 9.65. The van der Waals surface area contributed by atoms with E-state index in [4.69, 9.17) is 16.3 Å². The summed E-state index contributed by atoms with van der Waals surface area (Å²) in [5, 5.41) is 11.8. The Morgan fingerprint density at radius 1 is 1.11 bits per heavy atom. The summed E-state index contributed by atoms with van der Waals surface area (Å²) in [5.74, 6) is 0.842. The van der Waals surface area contributed by atoms with Crippen molar-refractivity contribution in [1.82, 2.24) is 20.3 Å². The van der Waals surface area contributed by atoms with E-state index in [-0.39, 0.29) is 5.91 Å². The van der Waals surface area contributed by atoms with Crippen LogP contribution >= 0.6 is 11.6 Å². The molecule has 0 saturated carbocycles. The van der Waals surface area contributed by atoms with Crippen LogP contribution < -0.4 is 10.1 Å². The summed E-state index contributed by atoms with van der Waals surface area (Å²) in [4.78, 5) is 11.9. The minimum absolute atomic E-state index is 0.0433. The van der Waals surface area contributed by atoms with E-state index in [9.17, 15) is 4.79 Å². The highest BCUT2D eigenvalue weighted by Gasteiger charge is 2.05. The molecular weight excluding hydrogens is 376 g/mol. The Bertz CT molecular complexity index is 866. The third kappa shape index (κ3) is 6.70. The molecule has 0 atom stereocenters. The summed E-state index contributed by atoms with van der Waals surface area (Å²) in [6, 6.07) is 17.2. The second-order valence-corrected chi connectivity index (χ2v) is 6.84. The number of carbonyl (C=O) groups is 1. The number of hydrogen-bond donors (Lipinski definition) is 1. The molecule has 0 spiro atoms. The van der Waals surface area contributed by atoms with Gasteiger partial charge in [-0.25, -0.2) is 0 Å². The number of para-hydroxylation sites is 1. The third-order valence-corrected chi connectivity index (χ3v) is 4.41. The summed E-state index contributed by atoms with van der Waals surface area (Å²) >= 11 is 5.86. The van der Waals surface area contributed by atoms with Crippen LogP contribution in [0.15, 0.2) is 60.8 Å². The normalized spacial score (nSPS) is 10.6. The van der Waals surface area contributed by atoms with Gasteiger partial charge in [0.2, 0.25) is 5.91 Å². The number of nitrogens with zero attached hydrogens (tertiary/aromatic N) is 3. The van der Waals surface area contributed by atoms with Crippen molar-refractivity contribution < 1.29 is 9.53 Å². The first kappa shape index (κ1) is 19.9. The van der Waals surface area contributed by atoms with Crippen molar-refractivity contribution in [1.29, 1.82) is 0 Å². The minimum atomic E-state index is 0.0433. The Labute approximate surface area is 169 Å². The van der Waals surface area contributed by atoms with E-state index in [2.05, 4.69) is 15.6 Å². The molecule has 0 aliphatic heterocycles. The Morgan fingerprint density at radius 2 is 1.89 bits per heavy atom. The lowest BCUT2D eigenvalue weighted by Crippen LogP contribution is -2.25. The smallest absolute Gasteiger partial charge is 0.220 e. The zero-order chi connectivity index (χ0) is 19.6. The molecule has 0 radical (unpaired) electrons. The van der Waals surface area contributed by atoms with Gasteiger partial charge in [-0.05, 0) is 42.7 Å². The lowest BCUT2D eigenvalue weighted by Gasteiger charge is -2.06. The number of aromatic nitrogens is 3. The molecule has 0 aliphatic rings.